The summed E-state index contributed by atoms with van der Waals surface area (Å²) in [5.41, 5.74) is -1.98. The molecule has 1 atom stereocenters. The van der Waals surface area contributed by atoms with Gasteiger partial charge in [0.25, 0.3) is 15.9 Å². The summed E-state index contributed by atoms with van der Waals surface area (Å²) in [6, 6.07) is 9.90. The van der Waals surface area contributed by atoms with Crippen LogP contribution in [0.3, 0.4) is 0 Å². The minimum atomic E-state index is -4.35. The van der Waals surface area contributed by atoms with Crippen LogP contribution in [0.4, 0.5) is 24.5 Å². The first kappa shape index (κ1) is 28.0. The SMILES string of the molecule is O=C(Nc1cccc(Cl)c1F)c1ccc2c(c1F)C1(CCS(=O)(=O)CC1)C(C1CC1)N2S(=O)(=O)c1ccc(F)cc1. The summed E-state index contributed by atoms with van der Waals surface area (Å²) in [5.74, 6) is -4.22. The van der Waals surface area contributed by atoms with E-state index in [0.717, 1.165) is 34.6 Å². The van der Waals surface area contributed by atoms with Crippen LogP contribution in [0, 0.1) is 23.4 Å². The number of hydrogen-bond acceptors (Lipinski definition) is 5. The molecule has 0 radical (unpaired) electrons. The molecule has 1 aliphatic carbocycles. The topological polar surface area (TPSA) is 101 Å². The van der Waals surface area contributed by atoms with E-state index in [1.165, 1.54) is 24.3 Å². The predicted molar refractivity (Wildman–Crippen MR) is 148 cm³/mol. The molecule has 0 bridgehead atoms. The number of anilines is 2. The fraction of sp³-hybridized carbons (Fsp3) is 0.321. The van der Waals surface area contributed by atoms with E-state index >= 15 is 4.39 Å². The Morgan fingerprint density at radius 3 is 2.24 bits per heavy atom. The lowest BCUT2D eigenvalue weighted by atomic mass is 9.70. The van der Waals surface area contributed by atoms with Gasteiger partial charge < -0.3 is 5.32 Å². The van der Waals surface area contributed by atoms with Gasteiger partial charge in [-0.3, -0.25) is 9.10 Å². The molecule has 7 nitrogen and oxygen atoms in total. The van der Waals surface area contributed by atoms with Crippen molar-refractivity contribution in [3.63, 3.8) is 0 Å². The number of sulfone groups is 1. The van der Waals surface area contributed by atoms with Crippen molar-refractivity contribution < 1.29 is 34.8 Å². The molecule has 2 aliphatic heterocycles. The average molecular weight is 625 g/mol. The molecule has 216 valence electrons. The Labute approximate surface area is 240 Å². The van der Waals surface area contributed by atoms with E-state index in [1.54, 1.807) is 0 Å². The van der Waals surface area contributed by atoms with Gasteiger partial charge in [-0.15, -0.1) is 0 Å². The maximum absolute atomic E-state index is 16.6. The normalized spacial score (nSPS) is 21.1. The lowest BCUT2D eigenvalue weighted by Gasteiger charge is -2.41. The van der Waals surface area contributed by atoms with Crippen LogP contribution in [0.1, 0.15) is 41.6 Å². The zero-order valence-corrected chi connectivity index (χ0v) is 23.8. The van der Waals surface area contributed by atoms with Crippen molar-refractivity contribution in [1.82, 2.24) is 0 Å². The number of nitrogens with one attached hydrogen (secondary N) is 1. The molecule has 41 heavy (non-hydrogen) atoms. The molecule has 1 unspecified atom stereocenters. The second-order valence-electron chi connectivity index (χ2n) is 10.7. The lowest BCUT2D eigenvalue weighted by Crippen LogP contribution is -2.52. The number of carbonyl (C=O) groups is 1. The minimum Gasteiger partial charge on any atom is -0.319 e. The van der Waals surface area contributed by atoms with Gasteiger partial charge in [0, 0.05) is 11.0 Å². The van der Waals surface area contributed by atoms with Crippen LogP contribution < -0.4 is 9.62 Å². The van der Waals surface area contributed by atoms with Gasteiger partial charge in [-0.25, -0.2) is 30.0 Å². The molecular formula is C28H24ClF3N2O5S2. The van der Waals surface area contributed by atoms with E-state index < -0.39 is 60.2 Å². The molecule has 2 fully saturated rings. The minimum absolute atomic E-state index is 0.00788. The highest BCUT2D eigenvalue weighted by Gasteiger charge is 2.62. The Kier molecular flexibility index (Phi) is 6.66. The molecule has 1 saturated carbocycles. The van der Waals surface area contributed by atoms with Crippen LogP contribution >= 0.6 is 11.6 Å². The van der Waals surface area contributed by atoms with Gasteiger partial charge in [0.1, 0.15) is 21.5 Å². The van der Waals surface area contributed by atoms with E-state index in [4.69, 9.17) is 11.6 Å². The zero-order valence-electron chi connectivity index (χ0n) is 21.4. The Balaban J connectivity index is 1.52. The van der Waals surface area contributed by atoms with Crippen LogP contribution in [-0.4, -0.2) is 40.3 Å². The van der Waals surface area contributed by atoms with Crippen molar-refractivity contribution in [2.75, 3.05) is 21.1 Å². The highest BCUT2D eigenvalue weighted by Crippen LogP contribution is 2.60. The summed E-state index contributed by atoms with van der Waals surface area (Å²) >= 11 is 5.81. The largest absolute Gasteiger partial charge is 0.319 e. The van der Waals surface area contributed by atoms with E-state index in [1.807, 2.05) is 0 Å². The molecule has 3 aliphatic rings. The number of sulfonamides is 1. The van der Waals surface area contributed by atoms with Gasteiger partial charge in [0.2, 0.25) is 0 Å². The monoisotopic (exact) mass is 624 g/mol. The van der Waals surface area contributed by atoms with Gasteiger partial charge in [-0.1, -0.05) is 17.7 Å². The second kappa shape index (κ2) is 9.74. The summed E-state index contributed by atoms with van der Waals surface area (Å²) < 4.78 is 99.0. The molecule has 0 aromatic heterocycles. The Morgan fingerprint density at radius 2 is 1.61 bits per heavy atom. The Bertz CT molecular complexity index is 1780. The molecule has 3 aromatic carbocycles. The molecule has 1 saturated heterocycles. The smallest absolute Gasteiger partial charge is 0.264 e. The standard InChI is InChI=1S/C28H24ClF3N2O5S2/c29-20-2-1-3-21(25(20)32)33-27(35)19-10-11-22-23(24(19)31)28(12-14-40(36,37)15-13-28)26(16-4-5-16)34(22)41(38,39)18-8-6-17(30)7-9-18/h1-3,6-11,16,26H,4-5,12-15H2,(H,33,35). The van der Waals surface area contributed by atoms with Gasteiger partial charge in [0.15, 0.2) is 5.82 Å². The van der Waals surface area contributed by atoms with Crippen LogP contribution in [0.2, 0.25) is 5.02 Å². The lowest BCUT2D eigenvalue weighted by molar-refractivity contribution is 0.102. The van der Waals surface area contributed by atoms with Crippen LogP contribution in [0.25, 0.3) is 0 Å². The first-order valence-corrected chi connectivity index (χ1v) is 16.6. The van der Waals surface area contributed by atoms with Crippen molar-refractivity contribution in [2.24, 2.45) is 5.92 Å². The predicted octanol–water partition coefficient (Wildman–Crippen LogP) is 5.44. The fourth-order valence-electron chi connectivity index (χ4n) is 6.21. The van der Waals surface area contributed by atoms with Crippen LogP contribution in [0.15, 0.2) is 59.5 Å². The molecule has 2 heterocycles. The van der Waals surface area contributed by atoms with Gasteiger partial charge in [-0.05, 0) is 80.1 Å². The van der Waals surface area contributed by atoms with E-state index in [9.17, 15) is 30.4 Å². The summed E-state index contributed by atoms with van der Waals surface area (Å²) in [7, 11) is -7.79. The van der Waals surface area contributed by atoms with E-state index in [-0.39, 0.29) is 57.1 Å². The maximum atomic E-state index is 16.6. The highest BCUT2D eigenvalue weighted by molar-refractivity contribution is 7.93. The van der Waals surface area contributed by atoms with Gasteiger partial charge in [-0.2, -0.15) is 0 Å². The first-order chi connectivity index (χ1) is 19.4. The fourth-order valence-corrected chi connectivity index (χ4v) is 9.73. The molecule has 1 amide bonds. The van der Waals surface area contributed by atoms with Gasteiger partial charge >= 0.3 is 0 Å². The molecule has 1 spiro atoms. The number of nitrogens with zero attached hydrogens (tertiary/aromatic N) is 1. The highest BCUT2D eigenvalue weighted by atomic mass is 35.5. The Morgan fingerprint density at radius 1 is 0.951 bits per heavy atom. The number of carbonyl (C=O) groups excluding carboxylic acids is 1. The number of rotatable bonds is 5. The van der Waals surface area contributed by atoms with Crippen molar-refractivity contribution in [1.29, 1.82) is 0 Å². The third-order valence-corrected chi connectivity index (χ3v) is 12.0. The quantitative estimate of drug-likeness (QED) is 0.407. The number of halogens is 4. The molecular weight excluding hydrogens is 601 g/mol. The third kappa shape index (κ3) is 4.60. The number of benzene rings is 3. The molecule has 3 aromatic rings. The molecule has 13 heteroatoms. The van der Waals surface area contributed by atoms with Crippen LogP contribution in [0.5, 0.6) is 0 Å². The number of hydrogen-bond donors (Lipinski definition) is 1. The van der Waals surface area contributed by atoms with E-state index in [2.05, 4.69) is 5.32 Å². The summed E-state index contributed by atoms with van der Waals surface area (Å²) in [5, 5.41) is 2.08. The summed E-state index contributed by atoms with van der Waals surface area (Å²) in [4.78, 5) is 13.0. The van der Waals surface area contributed by atoms with Crippen molar-refractivity contribution >= 4 is 48.7 Å². The van der Waals surface area contributed by atoms with Crippen LogP contribution in [-0.2, 0) is 25.3 Å². The first-order valence-electron chi connectivity index (χ1n) is 12.9. The summed E-state index contributed by atoms with van der Waals surface area (Å²) in [6.07, 6.45) is 1.24. The molecule has 1 N–H and O–H groups in total. The molecule has 6 rings (SSSR count). The third-order valence-electron chi connectivity index (χ3n) is 8.28. The summed E-state index contributed by atoms with van der Waals surface area (Å²) in [6.45, 7) is 0. The average Bonchev–Trinajstić information content (AvgIpc) is 3.71. The Hall–Kier alpha value is -3.09. The maximum Gasteiger partial charge on any atom is 0.264 e. The van der Waals surface area contributed by atoms with Gasteiger partial charge in [0.05, 0.1) is 44.4 Å². The second-order valence-corrected chi connectivity index (χ2v) is 15.2. The van der Waals surface area contributed by atoms with Crippen molar-refractivity contribution in [2.45, 2.75) is 42.0 Å². The number of fused-ring (bicyclic) bond motifs is 2. The van der Waals surface area contributed by atoms with Crippen molar-refractivity contribution in [3.05, 3.63) is 88.2 Å². The van der Waals surface area contributed by atoms with Crippen molar-refractivity contribution in [3.8, 4) is 0 Å². The number of amides is 1. The van der Waals surface area contributed by atoms with E-state index in [0.29, 0.717) is 12.8 Å². The zero-order chi connectivity index (χ0) is 29.3.